The van der Waals surface area contributed by atoms with Gasteiger partial charge in [-0.15, -0.1) is 0 Å². The molecule has 0 aromatic rings. The molecule has 0 aliphatic carbocycles. The van der Waals surface area contributed by atoms with Crippen LogP contribution >= 0.6 is 0 Å². The molecule has 0 heterocycles. The summed E-state index contributed by atoms with van der Waals surface area (Å²) in [4.78, 5) is 12.0. The number of aliphatic carboxylic acids is 1. The van der Waals surface area contributed by atoms with E-state index in [0.29, 0.717) is 0 Å². The van der Waals surface area contributed by atoms with Crippen LogP contribution in [0.25, 0.3) is 0 Å². The zero-order valence-electron chi connectivity index (χ0n) is 9.15. The fraction of sp³-hybridized carbons (Fsp3) is 0.889. The van der Waals surface area contributed by atoms with Gasteiger partial charge in [0.15, 0.2) is 0 Å². The number of hydrogen-bond acceptors (Lipinski definition) is 6. The van der Waals surface area contributed by atoms with E-state index < -0.39 is 37.4 Å². The van der Waals surface area contributed by atoms with E-state index >= 15 is 0 Å². The van der Waals surface area contributed by atoms with Crippen LogP contribution in [0.4, 0.5) is 0 Å². The van der Waals surface area contributed by atoms with Gasteiger partial charge < -0.3 is 25.5 Å². The summed E-state index contributed by atoms with van der Waals surface area (Å²) in [7, 11) is 0. The van der Waals surface area contributed by atoms with E-state index in [1.54, 1.807) is 0 Å². The minimum atomic E-state index is -1.10. The zero-order chi connectivity index (χ0) is 12.7. The highest BCUT2D eigenvalue weighted by Crippen LogP contribution is 2.03. The third kappa shape index (κ3) is 5.38. The Bertz CT molecular complexity index is 200. The van der Waals surface area contributed by atoms with Gasteiger partial charge in [-0.2, -0.15) is 0 Å². The van der Waals surface area contributed by atoms with Crippen molar-refractivity contribution in [1.29, 1.82) is 0 Å². The lowest BCUT2D eigenvalue weighted by molar-refractivity contribution is -0.144. The average Bonchev–Trinajstić information content (AvgIpc) is 2.26. The highest BCUT2D eigenvalue weighted by atomic mass is 16.4. The quantitative estimate of drug-likeness (QED) is 0.315. The summed E-state index contributed by atoms with van der Waals surface area (Å²) in [5.74, 6) is -1.10. The number of aliphatic hydroxyl groups is 4. The van der Waals surface area contributed by atoms with Crippen molar-refractivity contribution in [3.8, 4) is 0 Å². The topological polar surface area (TPSA) is 121 Å². The summed E-state index contributed by atoms with van der Waals surface area (Å²) in [5, 5.41) is 44.5. The Kier molecular flexibility index (Phi) is 7.18. The fourth-order valence-corrected chi connectivity index (χ4v) is 1.20. The molecule has 16 heavy (non-hydrogen) atoms. The Morgan fingerprint density at radius 2 is 1.50 bits per heavy atom. The largest absolute Gasteiger partial charge is 0.480 e. The molecule has 5 N–H and O–H groups in total. The monoisotopic (exact) mass is 237 g/mol. The van der Waals surface area contributed by atoms with Gasteiger partial charge in [-0.25, -0.2) is 0 Å². The molecule has 0 spiro atoms. The summed E-state index contributed by atoms with van der Waals surface area (Å²) >= 11 is 0. The standard InChI is InChI=1S/C9H19NO6/c1-6(9(15)16)10(2-7(13)4-11)3-8(14)5-12/h6-8,11-14H,2-5H2,1H3,(H,15,16)/t6-,7?,8?/m0/s1. The molecule has 0 radical (unpaired) electrons. The molecule has 0 fully saturated rings. The molecule has 0 saturated carbocycles. The molecule has 0 aromatic carbocycles. The number of carboxylic acid groups (broad SMARTS) is 1. The minimum absolute atomic E-state index is 0.0823. The number of rotatable bonds is 8. The molecule has 0 aromatic heterocycles. The lowest BCUT2D eigenvalue weighted by Crippen LogP contribution is -2.48. The highest BCUT2D eigenvalue weighted by Gasteiger charge is 2.24. The number of carboxylic acids is 1. The average molecular weight is 237 g/mol. The van der Waals surface area contributed by atoms with E-state index in [1.165, 1.54) is 11.8 Å². The highest BCUT2D eigenvalue weighted by molar-refractivity contribution is 5.72. The summed E-state index contributed by atoms with van der Waals surface area (Å²) in [5.41, 5.74) is 0. The Labute approximate surface area is 93.6 Å². The van der Waals surface area contributed by atoms with Crippen molar-refractivity contribution in [2.24, 2.45) is 0 Å². The van der Waals surface area contributed by atoms with Gasteiger partial charge in [0.25, 0.3) is 0 Å². The van der Waals surface area contributed by atoms with Crippen LogP contribution < -0.4 is 0 Å². The van der Waals surface area contributed by atoms with Gasteiger partial charge in [0.05, 0.1) is 25.4 Å². The second kappa shape index (κ2) is 7.53. The van der Waals surface area contributed by atoms with Crippen molar-refractivity contribution in [3.63, 3.8) is 0 Å². The van der Waals surface area contributed by atoms with E-state index in [9.17, 15) is 15.0 Å². The van der Waals surface area contributed by atoms with Gasteiger partial charge in [0.1, 0.15) is 6.04 Å². The first-order chi connectivity index (χ1) is 7.42. The predicted octanol–water partition coefficient (Wildman–Crippen LogP) is -2.53. The Morgan fingerprint density at radius 1 is 1.12 bits per heavy atom. The number of hydrogen-bond donors (Lipinski definition) is 5. The Balaban J connectivity index is 4.43. The van der Waals surface area contributed by atoms with Gasteiger partial charge in [-0.1, -0.05) is 0 Å². The molecule has 3 atom stereocenters. The summed E-state index contributed by atoms with van der Waals surface area (Å²) in [6, 6.07) is -0.914. The van der Waals surface area contributed by atoms with Gasteiger partial charge in [-0.05, 0) is 6.92 Å². The smallest absolute Gasteiger partial charge is 0.320 e. The number of nitrogens with zero attached hydrogens (tertiary/aromatic N) is 1. The van der Waals surface area contributed by atoms with Gasteiger partial charge in [-0.3, -0.25) is 9.69 Å². The third-order valence-electron chi connectivity index (χ3n) is 2.22. The second-order valence-corrected chi connectivity index (χ2v) is 3.64. The molecular weight excluding hydrogens is 218 g/mol. The number of aliphatic hydroxyl groups excluding tert-OH is 4. The minimum Gasteiger partial charge on any atom is -0.480 e. The molecule has 0 saturated heterocycles. The molecule has 96 valence electrons. The SMILES string of the molecule is C[C@@H](C(=O)O)N(CC(O)CO)CC(O)CO. The first-order valence-corrected chi connectivity index (χ1v) is 4.97. The first kappa shape index (κ1) is 15.3. The van der Waals surface area contributed by atoms with Crippen LogP contribution in [0.3, 0.4) is 0 Å². The van der Waals surface area contributed by atoms with E-state index in [4.69, 9.17) is 15.3 Å². The van der Waals surface area contributed by atoms with Crippen LogP contribution in [0.2, 0.25) is 0 Å². The first-order valence-electron chi connectivity index (χ1n) is 4.97. The normalized spacial score (nSPS) is 17.1. The van der Waals surface area contributed by atoms with Crippen LogP contribution in [0.15, 0.2) is 0 Å². The lowest BCUT2D eigenvalue weighted by atomic mass is 10.2. The Hall–Kier alpha value is -0.730. The zero-order valence-corrected chi connectivity index (χ0v) is 9.15. The van der Waals surface area contributed by atoms with E-state index in [0.717, 1.165) is 0 Å². The van der Waals surface area contributed by atoms with Crippen LogP contribution in [-0.4, -0.2) is 81.0 Å². The van der Waals surface area contributed by atoms with E-state index in [1.807, 2.05) is 0 Å². The predicted molar refractivity (Wildman–Crippen MR) is 54.9 cm³/mol. The molecule has 0 rings (SSSR count). The van der Waals surface area contributed by atoms with Crippen molar-refractivity contribution in [2.75, 3.05) is 26.3 Å². The van der Waals surface area contributed by atoms with Gasteiger partial charge >= 0.3 is 5.97 Å². The molecule has 7 heteroatoms. The maximum atomic E-state index is 10.8. The molecule has 0 aliphatic rings. The molecule has 0 aliphatic heterocycles. The van der Waals surface area contributed by atoms with Crippen LogP contribution in [0.5, 0.6) is 0 Å². The summed E-state index contributed by atoms with van der Waals surface area (Å²) in [6.45, 7) is 0.259. The lowest BCUT2D eigenvalue weighted by Gasteiger charge is -2.29. The maximum absolute atomic E-state index is 10.8. The van der Waals surface area contributed by atoms with Crippen LogP contribution in [0.1, 0.15) is 6.92 Å². The summed E-state index contributed by atoms with van der Waals surface area (Å²) in [6.07, 6.45) is -2.15. The van der Waals surface area contributed by atoms with Crippen LogP contribution in [-0.2, 0) is 4.79 Å². The van der Waals surface area contributed by atoms with E-state index in [-0.39, 0.29) is 13.1 Å². The van der Waals surface area contributed by atoms with Crippen molar-refractivity contribution < 1.29 is 30.3 Å². The van der Waals surface area contributed by atoms with Crippen molar-refractivity contribution in [1.82, 2.24) is 4.90 Å². The number of carbonyl (C=O) groups is 1. The van der Waals surface area contributed by atoms with Gasteiger partial charge in [0.2, 0.25) is 0 Å². The van der Waals surface area contributed by atoms with Gasteiger partial charge in [0, 0.05) is 13.1 Å². The second-order valence-electron chi connectivity index (χ2n) is 3.64. The van der Waals surface area contributed by atoms with E-state index in [2.05, 4.69) is 0 Å². The maximum Gasteiger partial charge on any atom is 0.320 e. The van der Waals surface area contributed by atoms with Crippen molar-refractivity contribution >= 4 is 5.97 Å². The molecule has 0 amide bonds. The molecule has 2 unspecified atom stereocenters. The Morgan fingerprint density at radius 3 is 1.75 bits per heavy atom. The van der Waals surface area contributed by atoms with Crippen LogP contribution in [0, 0.1) is 0 Å². The summed E-state index contributed by atoms with van der Waals surface area (Å²) < 4.78 is 0. The molecule has 7 nitrogen and oxygen atoms in total. The molecular formula is C9H19NO6. The van der Waals surface area contributed by atoms with Crippen molar-refractivity contribution in [3.05, 3.63) is 0 Å². The fourth-order valence-electron chi connectivity index (χ4n) is 1.20. The molecule has 0 bridgehead atoms. The third-order valence-corrected chi connectivity index (χ3v) is 2.22. The van der Waals surface area contributed by atoms with Crippen molar-refractivity contribution in [2.45, 2.75) is 25.2 Å².